The van der Waals surface area contributed by atoms with E-state index < -0.39 is 23.4 Å². The Morgan fingerprint density at radius 2 is 1.69 bits per heavy atom. The minimum atomic E-state index is -0.817. The van der Waals surface area contributed by atoms with E-state index >= 15 is 0 Å². The molecular weight excluding hydrogens is 416 g/mol. The first kappa shape index (κ1) is 22.1. The van der Waals surface area contributed by atoms with Crippen molar-refractivity contribution in [2.45, 2.75) is 69.9 Å². The molecule has 0 atom stereocenters. The van der Waals surface area contributed by atoms with E-state index in [9.17, 15) is 24.0 Å². The van der Waals surface area contributed by atoms with Crippen molar-refractivity contribution in [1.82, 2.24) is 20.0 Å². The Kier molecular flexibility index (Phi) is 5.17. The first-order valence-corrected chi connectivity index (χ1v) is 11.1. The van der Waals surface area contributed by atoms with E-state index in [0.717, 1.165) is 21.1 Å². The third kappa shape index (κ3) is 3.13. The standard InChI is InChI=1S/C21H30N6O5/c1-3-4-9-26-15(28)13(14(22)23)16(29)27(19(26)32)12-5-7-20(8-6-12)10-21(11-20)17(30)25(2)18(31)24-21/h12H,3-11,22-23H2,1-2H3,(H,24,31). The SMILES string of the molecule is CCCCN1C(=O)C(=C(N)N)C(=O)N(C2CCC3(CC2)CC2(C3)NC(=O)N(C)C2=O)C1=O. The highest BCUT2D eigenvalue weighted by molar-refractivity contribution is 6.29. The molecule has 0 radical (unpaired) electrons. The number of hydrogen-bond donors (Lipinski definition) is 3. The van der Waals surface area contributed by atoms with Gasteiger partial charge in [0.2, 0.25) is 0 Å². The molecule has 2 aliphatic heterocycles. The number of rotatable bonds is 4. The van der Waals surface area contributed by atoms with Crippen LogP contribution >= 0.6 is 0 Å². The van der Waals surface area contributed by atoms with Gasteiger partial charge in [0.05, 0.1) is 0 Å². The fourth-order valence-corrected chi connectivity index (χ4v) is 5.78. The van der Waals surface area contributed by atoms with Crippen LogP contribution < -0.4 is 16.8 Å². The fraction of sp³-hybridized carbons (Fsp3) is 0.667. The number of likely N-dealkylation sites (N-methyl/N-ethyl adjacent to an activating group) is 1. The number of nitrogens with zero attached hydrogens (tertiary/aromatic N) is 3. The second kappa shape index (κ2) is 7.49. The van der Waals surface area contributed by atoms with Crippen LogP contribution in [0.4, 0.5) is 9.59 Å². The molecule has 11 heteroatoms. The van der Waals surface area contributed by atoms with Crippen molar-refractivity contribution in [2.75, 3.05) is 13.6 Å². The van der Waals surface area contributed by atoms with Crippen LogP contribution in [-0.2, 0) is 14.4 Å². The highest BCUT2D eigenvalue weighted by Crippen LogP contribution is 2.58. The summed E-state index contributed by atoms with van der Waals surface area (Å²) in [6, 6.07) is -1.37. The second-order valence-electron chi connectivity index (χ2n) is 9.56. The van der Waals surface area contributed by atoms with Gasteiger partial charge in [0.15, 0.2) is 0 Å². The smallest absolute Gasteiger partial charge is 0.334 e. The van der Waals surface area contributed by atoms with Crippen molar-refractivity contribution in [2.24, 2.45) is 16.9 Å². The minimum Gasteiger partial charge on any atom is -0.385 e. The number of hydrogen-bond acceptors (Lipinski definition) is 7. The number of nitrogens with two attached hydrogens (primary N) is 2. The van der Waals surface area contributed by atoms with E-state index in [1.807, 2.05) is 6.92 Å². The van der Waals surface area contributed by atoms with E-state index in [0.29, 0.717) is 44.9 Å². The van der Waals surface area contributed by atoms with Crippen molar-refractivity contribution < 1.29 is 24.0 Å². The van der Waals surface area contributed by atoms with E-state index in [-0.39, 0.29) is 41.3 Å². The average Bonchev–Trinajstić information content (AvgIpc) is 2.92. The molecule has 4 fully saturated rings. The summed E-state index contributed by atoms with van der Waals surface area (Å²) >= 11 is 0. The van der Waals surface area contributed by atoms with Crippen molar-refractivity contribution in [3.8, 4) is 0 Å². The number of urea groups is 2. The fourth-order valence-electron chi connectivity index (χ4n) is 5.78. The molecule has 4 rings (SSSR count). The molecule has 2 aliphatic carbocycles. The topological polar surface area (TPSA) is 159 Å². The minimum absolute atomic E-state index is 0.101. The van der Waals surface area contributed by atoms with Gasteiger partial charge in [-0.1, -0.05) is 13.3 Å². The maximum atomic E-state index is 13.1. The molecule has 0 bridgehead atoms. The van der Waals surface area contributed by atoms with Crippen LogP contribution in [0.1, 0.15) is 58.3 Å². The van der Waals surface area contributed by atoms with Crippen LogP contribution in [0.3, 0.4) is 0 Å². The third-order valence-corrected chi connectivity index (χ3v) is 7.45. The zero-order chi connectivity index (χ0) is 23.4. The number of amides is 7. The van der Waals surface area contributed by atoms with E-state index in [2.05, 4.69) is 5.32 Å². The molecule has 2 saturated carbocycles. The van der Waals surface area contributed by atoms with Crippen molar-refractivity contribution >= 4 is 29.8 Å². The summed E-state index contributed by atoms with van der Waals surface area (Å²) in [6.07, 6.45) is 5.05. The summed E-state index contributed by atoms with van der Waals surface area (Å²) in [5, 5.41) is 2.82. The summed E-state index contributed by atoms with van der Waals surface area (Å²) in [5.41, 5.74) is 10.0. The van der Waals surface area contributed by atoms with Gasteiger partial charge in [0, 0.05) is 19.6 Å². The van der Waals surface area contributed by atoms with Crippen LogP contribution in [-0.4, -0.2) is 69.7 Å². The van der Waals surface area contributed by atoms with Crippen LogP contribution in [0.25, 0.3) is 0 Å². The summed E-state index contributed by atoms with van der Waals surface area (Å²) in [7, 11) is 1.47. The lowest BCUT2D eigenvalue weighted by atomic mass is 9.51. The Hall–Kier alpha value is -3.11. The van der Waals surface area contributed by atoms with Crippen molar-refractivity contribution in [3.63, 3.8) is 0 Å². The molecule has 174 valence electrons. The van der Waals surface area contributed by atoms with Gasteiger partial charge in [-0.25, -0.2) is 9.59 Å². The lowest BCUT2D eigenvalue weighted by molar-refractivity contribution is -0.143. The van der Waals surface area contributed by atoms with Gasteiger partial charge in [-0.3, -0.25) is 29.1 Å². The number of imide groups is 3. The lowest BCUT2D eigenvalue weighted by Gasteiger charge is -2.56. The van der Waals surface area contributed by atoms with Crippen LogP contribution in [0, 0.1) is 5.41 Å². The quantitative estimate of drug-likeness (QED) is 0.319. The average molecular weight is 447 g/mol. The van der Waals surface area contributed by atoms with Gasteiger partial charge >= 0.3 is 12.1 Å². The predicted molar refractivity (Wildman–Crippen MR) is 112 cm³/mol. The normalized spacial score (nSPS) is 32.8. The zero-order valence-electron chi connectivity index (χ0n) is 18.5. The molecule has 32 heavy (non-hydrogen) atoms. The Bertz CT molecular complexity index is 923. The largest absolute Gasteiger partial charge is 0.385 e. The highest BCUT2D eigenvalue weighted by Gasteiger charge is 2.64. The number of carbonyl (C=O) groups is 5. The lowest BCUT2D eigenvalue weighted by Crippen LogP contribution is -2.65. The van der Waals surface area contributed by atoms with E-state index in [1.165, 1.54) is 7.05 Å². The molecule has 2 spiro atoms. The van der Waals surface area contributed by atoms with Crippen LogP contribution in [0.15, 0.2) is 11.4 Å². The molecular formula is C21H30N6O5. The maximum Gasteiger partial charge on any atom is 0.334 e. The Morgan fingerprint density at radius 1 is 1.06 bits per heavy atom. The van der Waals surface area contributed by atoms with E-state index in [4.69, 9.17) is 11.5 Å². The Labute approximate surface area is 186 Å². The summed E-state index contributed by atoms with van der Waals surface area (Å²) < 4.78 is 0. The molecule has 4 aliphatic rings. The third-order valence-electron chi connectivity index (χ3n) is 7.45. The molecule has 2 saturated heterocycles. The molecule has 0 aromatic heterocycles. The highest BCUT2D eigenvalue weighted by atomic mass is 16.2. The Morgan fingerprint density at radius 3 is 2.19 bits per heavy atom. The number of nitrogens with one attached hydrogen (secondary N) is 1. The molecule has 0 unspecified atom stereocenters. The Balaban J connectivity index is 1.48. The molecule has 0 aromatic rings. The van der Waals surface area contributed by atoms with Gasteiger partial charge in [-0.15, -0.1) is 0 Å². The van der Waals surface area contributed by atoms with Crippen LogP contribution in [0.2, 0.25) is 0 Å². The number of carbonyl (C=O) groups excluding carboxylic acids is 5. The van der Waals surface area contributed by atoms with Crippen molar-refractivity contribution in [1.29, 1.82) is 0 Å². The van der Waals surface area contributed by atoms with Gasteiger partial charge in [-0.2, -0.15) is 0 Å². The first-order chi connectivity index (χ1) is 15.1. The molecule has 11 nitrogen and oxygen atoms in total. The zero-order valence-corrected chi connectivity index (χ0v) is 18.5. The molecule has 5 N–H and O–H groups in total. The predicted octanol–water partition coefficient (Wildman–Crippen LogP) is 0.350. The summed E-state index contributed by atoms with van der Waals surface area (Å²) in [4.78, 5) is 66.5. The summed E-state index contributed by atoms with van der Waals surface area (Å²) in [6.45, 7) is 2.14. The maximum absolute atomic E-state index is 13.1. The number of barbiturate groups is 1. The van der Waals surface area contributed by atoms with E-state index in [1.54, 1.807) is 0 Å². The number of unbranched alkanes of at least 4 members (excludes halogenated alkanes) is 1. The second-order valence-corrected chi connectivity index (χ2v) is 9.56. The summed E-state index contributed by atoms with van der Waals surface area (Å²) in [5.74, 6) is -2.06. The van der Waals surface area contributed by atoms with Gasteiger partial charge in [0.25, 0.3) is 17.7 Å². The van der Waals surface area contributed by atoms with Crippen molar-refractivity contribution in [3.05, 3.63) is 11.4 Å². The molecule has 2 heterocycles. The van der Waals surface area contributed by atoms with Gasteiger partial charge in [-0.05, 0) is 50.4 Å². The molecule has 7 amide bonds. The van der Waals surface area contributed by atoms with Crippen LogP contribution in [0.5, 0.6) is 0 Å². The van der Waals surface area contributed by atoms with Gasteiger partial charge in [0.1, 0.15) is 16.9 Å². The molecule has 0 aromatic carbocycles. The monoisotopic (exact) mass is 446 g/mol. The first-order valence-electron chi connectivity index (χ1n) is 11.1. The van der Waals surface area contributed by atoms with Gasteiger partial charge < -0.3 is 16.8 Å².